The van der Waals surface area contributed by atoms with Gasteiger partial charge in [-0.1, -0.05) is 29.3 Å². The fraction of sp³-hybridized carbons (Fsp3) is 0.143. The number of sulfonamides is 1. The van der Waals surface area contributed by atoms with Crippen molar-refractivity contribution in [3.05, 3.63) is 62.6 Å². The van der Waals surface area contributed by atoms with Crippen LogP contribution in [0.15, 0.2) is 47.4 Å². The molecule has 0 atom stereocenters. The van der Waals surface area contributed by atoms with Crippen LogP contribution in [-0.2, 0) is 10.0 Å². The number of nitro groups is 1. The Morgan fingerprint density at radius 1 is 1.17 bits per heavy atom. The van der Waals surface area contributed by atoms with Crippen molar-refractivity contribution in [2.75, 3.05) is 10.8 Å². The quantitative estimate of drug-likeness (QED) is 0.582. The van der Waals surface area contributed by atoms with Gasteiger partial charge in [0.1, 0.15) is 4.90 Å². The average Bonchev–Trinajstić information content (AvgIpc) is 2.50. The zero-order chi connectivity index (χ0) is 17.2. The van der Waals surface area contributed by atoms with Gasteiger partial charge in [0.2, 0.25) is 0 Å². The third kappa shape index (κ3) is 3.57. The van der Waals surface area contributed by atoms with E-state index in [0.717, 1.165) is 4.31 Å². The molecule has 2 aromatic carbocycles. The van der Waals surface area contributed by atoms with Gasteiger partial charge in [0.15, 0.2) is 0 Å². The van der Waals surface area contributed by atoms with Crippen molar-refractivity contribution in [1.29, 1.82) is 0 Å². The van der Waals surface area contributed by atoms with Crippen LogP contribution in [0.5, 0.6) is 0 Å². The fourth-order valence-electron chi connectivity index (χ4n) is 2.05. The van der Waals surface area contributed by atoms with Gasteiger partial charge in [-0.2, -0.15) is 0 Å². The molecule has 0 fully saturated rings. The third-order valence-electron chi connectivity index (χ3n) is 3.08. The lowest BCUT2D eigenvalue weighted by Gasteiger charge is -2.23. The molecule has 122 valence electrons. The minimum atomic E-state index is -4.01. The van der Waals surface area contributed by atoms with Crippen LogP contribution in [0.3, 0.4) is 0 Å². The molecule has 0 amide bonds. The molecule has 0 heterocycles. The minimum absolute atomic E-state index is 0.0262. The highest BCUT2D eigenvalue weighted by atomic mass is 35.5. The van der Waals surface area contributed by atoms with Crippen molar-refractivity contribution in [2.24, 2.45) is 0 Å². The molecule has 2 rings (SSSR count). The van der Waals surface area contributed by atoms with Gasteiger partial charge < -0.3 is 0 Å². The lowest BCUT2D eigenvalue weighted by molar-refractivity contribution is -0.384. The van der Waals surface area contributed by atoms with E-state index >= 15 is 0 Å². The first-order chi connectivity index (χ1) is 10.8. The van der Waals surface area contributed by atoms with Crippen LogP contribution >= 0.6 is 23.2 Å². The second kappa shape index (κ2) is 6.74. The number of benzene rings is 2. The SMILES string of the molecule is CCN(c1cccc([N+](=O)[O-])c1)S(=O)(=O)c1cc(Cl)ccc1Cl. The van der Waals surface area contributed by atoms with E-state index in [0.29, 0.717) is 0 Å². The highest BCUT2D eigenvalue weighted by Crippen LogP contribution is 2.31. The van der Waals surface area contributed by atoms with E-state index in [9.17, 15) is 18.5 Å². The van der Waals surface area contributed by atoms with Gasteiger partial charge in [-0.15, -0.1) is 0 Å². The highest BCUT2D eigenvalue weighted by molar-refractivity contribution is 7.93. The fourth-order valence-corrected chi connectivity index (χ4v) is 4.25. The number of non-ortho nitro benzene ring substituents is 1. The zero-order valence-electron chi connectivity index (χ0n) is 11.9. The van der Waals surface area contributed by atoms with Crippen molar-refractivity contribution < 1.29 is 13.3 Å². The molecule has 0 spiro atoms. The molecule has 0 radical (unpaired) electrons. The number of rotatable bonds is 5. The topological polar surface area (TPSA) is 80.5 Å². The molecule has 23 heavy (non-hydrogen) atoms. The number of hydrogen-bond donors (Lipinski definition) is 0. The average molecular weight is 375 g/mol. The highest BCUT2D eigenvalue weighted by Gasteiger charge is 2.27. The summed E-state index contributed by atoms with van der Waals surface area (Å²) in [4.78, 5) is 10.1. The Hall–Kier alpha value is -1.83. The molecule has 0 N–H and O–H groups in total. The molecule has 0 aliphatic rings. The first-order valence-electron chi connectivity index (χ1n) is 6.49. The van der Waals surface area contributed by atoms with Crippen LogP contribution in [0.1, 0.15) is 6.92 Å². The predicted octanol–water partition coefficient (Wildman–Crippen LogP) is 4.12. The smallest absolute Gasteiger partial charge is 0.266 e. The Labute approximate surface area is 143 Å². The van der Waals surface area contributed by atoms with Gasteiger partial charge >= 0.3 is 0 Å². The van der Waals surface area contributed by atoms with E-state index in [-0.39, 0.29) is 32.9 Å². The molecule has 6 nitrogen and oxygen atoms in total. The summed E-state index contributed by atoms with van der Waals surface area (Å²) in [6.07, 6.45) is 0. The Kier molecular flexibility index (Phi) is 5.13. The molecule has 0 aliphatic carbocycles. The summed E-state index contributed by atoms with van der Waals surface area (Å²) in [6.45, 7) is 1.70. The molecule has 0 unspecified atom stereocenters. The van der Waals surface area contributed by atoms with Crippen LogP contribution in [0.4, 0.5) is 11.4 Å². The molecule has 0 saturated carbocycles. The van der Waals surface area contributed by atoms with E-state index in [1.165, 1.54) is 42.5 Å². The maximum atomic E-state index is 12.8. The van der Waals surface area contributed by atoms with E-state index in [4.69, 9.17) is 23.2 Å². The van der Waals surface area contributed by atoms with Gasteiger partial charge in [0.05, 0.1) is 15.6 Å². The van der Waals surface area contributed by atoms with E-state index in [2.05, 4.69) is 0 Å². The van der Waals surface area contributed by atoms with Crippen molar-refractivity contribution in [3.8, 4) is 0 Å². The molecule has 0 aromatic heterocycles. The monoisotopic (exact) mass is 374 g/mol. The number of halogens is 2. The number of nitro benzene ring substituents is 1. The molecule has 0 aliphatic heterocycles. The number of hydrogen-bond acceptors (Lipinski definition) is 4. The Balaban J connectivity index is 2.58. The standard InChI is InChI=1S/C14H12Cl2N2O4S/c1-2-17(11-4-3-5-12(9-11)18(19)20)23(21,22)14-8-10(15)6-7-13(14)16/h3-9H,2H2,1H3. The van der Waals surface area contributed by atoms with Gasteiger partial charge in [-0.3, -0.25) is 14.4 Å². The first-order valence-corrected chi connectivity index (χ1v) is 8.69. The largest absolute Gasteiger partial charge is 0.271 e. The second-order valence-corrected chi connectivity index (χ2v) is 7.20. The lowest BCUT2D eigenvalue weighted by Crippen LogP contribution is -2.31. The molecule has 0 saturated heterocycles. The summed E-state index contributed by atoms with van der Waals surface area (Å²) in [6, 6.07) is 9.50. The van der Waals surface area contributed by atoms with Gasteiger partial charge in [0.25, 0.3) is 15.7 Å². The molecular weight excluding hydrogens is 363 g/mol. The second-order valence-electron chi connectivity index (χ2n) is 4.52. The summed E-state index contributed by atoms with van der Waals surface area (Å²) in [5, 5.41) is 11.1. The Morgan fingerprint density at radius 2 is 1.87 bits per heavy atom. The van der Waals surface area contributed by atoms with Crippen LogP contribution < -0.4 is 4.31 Å². The van der Waals surface area contributed by atoms with Crippen molar-refractivity contribution >= 4 is 44.6 Å². The molecule has 0 bridgehead atoms. The van der Waals surface area contributed by atoms with Crippen molar-refractivity contribution in [1.82, 2.24) is 0 Å². The maximum absolute atomic E-state index is 12.8. The molecule has 2 aromatic rings. The van der Waals surface area contributed by atoms with Gasteiger partial charge in [-0.05, 0) is 31.2 Å². The maximum Gasteiger partial charge on any atom is 0.271 e. The van der Waals surface area contributed by atoms with Crippen LogP contribution in [0.2, 0.25) is 10.0 Å². The van der Waals surface area contributed by atoms with Gasteiger partial charge in [0, 0.05) is 23.7 Å². The summed E-state index contributed by atoms with van der Waals surface area (Å²) in [7, 11) is -4.01. The normalized spacial score (nSPS) is 11.3. The molecular formula is C14H12Cl2N2O4S. The van der Waals surface area contributed by atoms with E-state index < -0.39 is 14.9 Å². The van der Waals surface area contributed by atoms with Crippen LogP contribution in [-0.4, -0.2) is 19.9 Å². The number of anilines is 1. The summed E-state index contributed by atoms with van der Waals surface area (Å²) in [5.41, 5.74) is -0.0221. The van der Waals surface area contributed by atoms with Crippen LogP contribution in [0.25, 0.3) is 0 Å². The zero-order valence-corrected chi connectivity index (χ0v) is 14.3. The minimum Gasteiger partial charge on any atom is -0.266 e. The van der Waals surface area contributed by atoms with Gasteiger partial charge in [-0.25, -0.2) is 8.42 Å². The van der Waals surface area contributed by atoms with E-state index in [1.807, 2.05) is 0 Å². The Bertz CT molecular complexity index is 856. The molecule has 9 heteroatoms. The lowest BCUT2D eigenvalue weighted by atomic mass is 10.3. The third-order valence-corrected chi connectivity index (χ3v) is 5.70. The number of nitrogens with zero attached hydrogens (tertiary/aromatic N) is 2. The van der Waals surface area contributed by atoms with Crippen molar-refractivity contribution in [3.63, 3.8) is 0 Å². The van der Waals surface area contributed by atoms with Crippen molar-refractivity contribution in [2.45, 2.75) is 11.8 Å². The summed E-state index contributed by atoms with van der Waals surface area (Å²) >= 11 is 11.8. The first kappa shape index (κ1) is 17.5. The van der Waals surface area contributed by atoms with E-state index in [1.54, 1.807) is 6.92 Å². The summed E-state index contributed by atoms with van der Waals surface area (Å²) in [5.74, 6) is 0. The summed E-state index contributed by atoms with van der Waals surface area (Å²) < 4.78 is 26.7. The predicted molar refractivity (Wildman–Crippen MR) is 89.8 cm³/mol. The Morgan fingerprint density at radius 3 is 2.48 bits per heavy atom. The van der Waals surface area contributed by atoms with Crippen LogP contribution in [0, 0.1) is 10.1 Å².